The average Bonchev–Trinajstić information content (AvgIpc) is 2.29. The second kappa shape index (κ2) is 5.62. The van der Waals surface area contributed by atoms with Gasteiger partial charge in [-0.3, -0.25) is 0 Å². The van der Waals surface area contributed by atoms with E-state index in [2.05, 4.69) is 6.58 Å². The van der Waals surface area contributed by atoms with Crippen molar-refractivity contribution in [3.05, 3.63) is 59.5 Å². The fourth-order valence-corrected chi connectivity index (χ4v) is 1.76. The SMILES string of the molecule is C=C1C(C)=CN(CC)C(C)=C1/C=C(F)\C=C\F. The molecule has 0 aliphatic carbocycles. The Bertz CT molecular complexity index is 439. The van der Waals surface area contributed by atoms with Gasteiger partial charge in [-0.05, 0) is 38.0 Å². The summed E-state index contributed by atoms with van der Waals surface area (Å²) in [5.74, 6) is -0.617. The van der Waals surface area contributed by atoms with Gasteiger partial charge < -0.3 is 4.90 Å². The molecule has 0 radical (unpaired) electrons. The lowest BCUT2D eigenvalue weighted by Gasteiger charge is -2.28. The first-order valence-electron chi connectivity index (χ1n) is 5.50. The summed E-state index contributed by atoms with van der Waals surface area (Å²) in [6.07, 6.45) is 4.27. The van der Waals surface area contributed by atoms with Gasteiger partial charge in [-0.15, -0.1) is 0 Å². The Morgan fingerprint density at radius 2 is 2.12 bits per heavy atom. The number of allylic oxidation sites excluding steroid dienone is 7. The molecule has 0 saturated carbocycles. The van der Waals surface area contributed by atoms with E-state index in [-0.39, 0.29) is 6.33 Å². The highest BCUT2D eigenvalue weighted by molar-refractivity contribution is 5.55. The Labute approximate surface area is 101 Å². The first-order valence-corrected chi connectivity index (χ1v) is 5.50. The Kier molecular flexibility index (Phi) is 4.44. The molecule has 0 unspecified atom stereocenters. The van der Waals surface area contributed by atoms with E-state index < -0.39 is 5.83 Å². The summed E-state index contributed by atoms with van der Waals surface area (Å²) < 4.78 is 25.2. The largest absolute Gasteiger partial charge is 0.351 e. The van der Waals surface area contributed by atoms with Gasteiger partial charge in [0.25, 0.3) is 0 Å². The molecule has 1 heterocycles. The van der Waals surface area contributed by atoms with E-state index >= 15 is 0 Å². The first-order chi connectivity index (χ1) is 8.01. The quantitative estimate of drug-likeness (QED) is 0.658. The summed E-state index contributed by atoms with van der Waals surface area (Å²) in [5, 5.41) is 0. The van der Waals surface area contributed by atoms with E-state index in [4.69, 9.17) is 0 Å². The second-order valence-corrected chi connectivity index (χ2v) is 3.90. The molecule has 1 nitrogen and oxygen atoms in total. The van der Waals surface area contributed by atoms with Crippen molar-refractivity contribution in [2.45, 2.75) is 20.8 Å². The van der Waals surface area contributed by atoms with E-state index in [0.29, 0.717) is 5.57 Å². The number of halogens is 2. The topological polar surface area (TPSA) is 3.24 Å². The highest BCUT2D eigenvalue weighted by atomic mass is 19.1. The van der Waals surface area contributed by atoms with E-state index in [9.17, 15) is 8.78 Å². The van der Waals surface area contributed by atoms with Gasteiger partial charge in [0.2, 0.25) is 0 Å². The Morgan fingerprint density at radius 1 is 1.47 bits per heavy atom. The minimum atomic E-state index is -0.617. The van der Waals surface area contributed by atoms with Crippen molar-refractivity contribution in [3.63, 3.8) is 0 Å². The molecule has 0 spiro atoms. The fourth-order valence-electron chi connectivity index (χ4n) is 1.76. The minimum absolute atomic E-state index is 0.188. The zero-order valence-corrected chi connectivity index (χ0v) is 10.4. The summed E-state index contributed by atoms with van der Waals surface area (Å²) >= 11 is 0. The molecule has 0 aromatic rings. The summed E-state index contributed by atoms with van der Waals surface area (Å²) in [6.45, 7) is 10.6. The van der Waals surface area contributed by atoms with Crippen LogP contribution in [0.1, 0.15) is 20.8 Å². The molecule has 0 aromatic heterocycles. The molecule has 0 saturated heterocycles. The highest BCUT2D eigenvalue weighted by Gasteiger charge is 2.16. The summed E-state index contributed by atoms with van der Waals surface area (Å²) in [4.78, 5) is 2.02. The van der Waals surface area contributed by atoms with Crippen LogP contribution in [-0.2, 0) is 0 Å². The molecule has 0 bridgehead atoms. The lowest BCUT2D eigenvalue weighted by atomic mass is 9.95. The van der Waals surface area contributed by atoms with Gasteiger partial charge in [0.15, 0.2) is 0 Å². The monoisotopic (exact) mass is 237 g/mol. The molecule has 17 heavy (non-hydrogen) atoms. The maximum absolute atomic E-state index is 13.3. The smallest absolute Gasteiger partial charge is 0.126 e. The van der Waals surface area contributed by atoms with E-state index in [0.717, 1.165) is 29.5 Å². The molecule has 0 amide bonds. The van der Waals surface area contributed by atoms with Gasteiger partial charge >= 0.3 is 0 Å². The van der Waals surface area contributed by atoms with Crippen molar-refractivity contribution in [2.24, 2.45) is 0 Å². The van der Waals surface area contributed by atoms with Crippen LogP contribution < -0.4 is 0 Å². The molecule has 0 atom stereocenters. The zero-order valence-electron chi connectivity index (χ0n) is 10.4. The maximum Gasteiger partial charge on any atom is 0.126 e. The third-order valence-corrected chi connectivity index (χ3v) is 2.82. The van der Waals surface area contributed by atoms with Gasteiger partial charge in [-0.25, -0.2) is 8.78 Å². The first kappa shape index (κ1) is 13.4. The van der Waals surface area contributed by atoms with Crippen LogP contribution in [0.2, 0.25) is 0 Å². The predicted molar refractivity (Wildman–Crippen MR) is 67.4 cm³/mol. The second-order valence-electron chi connectivity index (χ2n) is 3.90. The molecule has 3 heteroatoms. The Balaban J connectivity index is 3.19. The van der Waals surface area contributed by atoms with Gasteiger partial charge in [-0.1, -0.05) is 6.58 Å². The van der Waals surface area contributed by atoms with Crippen LogP contribution in [0.3, 0.4) is 0 Å². The molecular weight excluding hydrogens is 220 g/mol. The Morgan fingerprint density at radius 3 is 2.65 bits per heavy atom. The van der Waals surface area contributed by atoms with Crippen LogP contribution in [-0.4, -0.2) is 11.4 Å². The third-order valence-electron chi connectivity index (χ3n) is 2.82. The van der Waals surface area contributed by atoms with Gasteiger partial charge in [0.05, 0.1) is 6.33 Å². The summed E-state index contributed by atoms with van der Waals surface area (Å²) in [5.41, 5.74) is 3.39. The van der Waals surface area contributed by atoms with Gasteiger partial charge in [-0.2, -0.15) is 0 Å². The van der Waals surface area contributed by atoms with Crippen LogP contribution in [0.5, 0.6) is 0 Å². The average molecular weight is 237 g/mol. The predicted octanol–water partition coefficient (Wildman–Crippen LogP) is 4.39. The molecular formula is C14H17F2N. The molecule has 1 rings (SSSR count). The molecule has 0 aromatic carbocycles. The van der Waals surface area contributed by atoms with Crippen molar-refractivity contribution < 1.29 is 8.78 Å². The fraction of sp³-hybridized carbons (Fsp3) is 0.286. The lowest BCUT2D eigenvalue weighted by Crippen LogP contribution is -2.20. The lowest BCUT2D eigenvalue weighted by molar-refractivity contribution is 0.479. The van der Waals surface area contributed by atoms with Crippen molar-refractivity contribution in [1.29, 1.82) is 0 Å². The van der Waals surface area contributed by atoms with Gasteiger partial charge in [0.1, 0.15) is 5.83 Å². The molecule has 1 aliphatic rings. The standard InChI is InChI=1S/C14H17F2N/c1-5-17-9-10(2)11(3)14(12(17)4)8-13(16)6-7-15/h6-9H,3,5H2,1-2,4H3/b7-6+,13-8+. The van der Waals surface area contributed by atoms with Crippen LogP contribution in [0.25, 0.3) is 0 Å². The van der Waals surface area contributed by atoms with Gasteiger partial charge in [0, 0.05) is 30.1 Å². The Hall–Kier alpha value is -1.64. The minimum Gasteiger partial charge on any atom is -0.351 e. The summed E-state index contributed by atoms with van der Waals surface area (Å²) in [6, 6.07) is 0. The van der Waals surface area contributed by atoms with E-state index in [1.54, 1.807) is 0 Å². The maximum atomic E-state index is 13.3. The number of nitrogens with zero attached hydrogens (tertiary/aromatic N) is 1. The van der Waals surface area contributed by atoms with Crippen LogP contribution >= 0.6 is 0 Å². The van der Waals surface area contributed by atoms with E-state index in [1.165, 1.54) is 6.08 Å². The summed E-state index contributed by atoms with van der Waals surface area (Å²) in [7, 11) is 0. The molecule has 0 fully saturated rings. The van der Waals surface area contributed by atoms with Crippen LogP contribution in [0.4, 0.5) is 8.78 Å². The third kappa shape index (κ3) is 2.93. The number of rotatable bonds is 3. The van der Waals surface area contributed by atoms with Crippen molar-refractivity contribution >= 4 is 0 Å². The molecule has 0 N–H and O–H groups in total. The normalized spacial score (nSPS) is 18.2. The number of hydrogen-bond acceptors (Lipinski definition) is 1. The molecule has 1 aliphatic heterocycles. The van der Waals surface area contributed by atoms with Crippen molar-refractivity contribution in [2.75, 3.05) is 6.54 Å². The van der Waals surface area contributed by atoms with Crippen LogP contribution in [0.15, 0.2) is 59.5 Å². The van der Waals surface area contributed by atoms with Crippen LogP contribution in [0, 0.1) is 0 Å². The zero-order chi connectivity index (χ0) is 13.0. The highest BCUT2D eigenvalue weighted by Crippen LogP contribution is 2.30. The molecule has 92 valence electrons. The number of hydrogen-bond donors (Lipinski definition) is 0. The van der Waals surface area contributed by atoms with Crippen molar-refractivity contribution in [3.8, 4) is 0 Å². The van der Waals surface area contributed by atoms with Crippen molar-refractivity contribution in [1.82, 2.24) is 4.90 Å². The van der Waals surface area contributed by atoms with E-state index in [1.807, 2.05) is 31.9 Å².